The van der Waals surface area contributed by atoms with Crippen LogP contribution in [0.25, 0.3) is 0 Å². The van der Waals surface area contributed by atoms with Crippen molar-refractivity contribution in [2.24, 2.45) is 5.92 Å². The molecule has 5 heteroatoms. The molecule has 16 heavy (non-hydrogen) atoms. The molecule has 1 aromatic rings. The maximum Gasteiger partial charge on any atom is 0.306 e. The predicted octanol–water partition coefficient (Wildman–Crippen LogP) is 1.98. The second-order valence-electron chi connectivity index (χ2n) is 3.65. The van der Waals surface area contributed by atoms with Gasteiger partial charge in [-0.3, -0.25) is 9.59 Å². The van der Waals surface area contributed by atoms with E-state index in [-0.39, 0.29) is 11.8 Å². The lowest BCUT2D eigenvalue weighted by Gasteiger charge is -2.06. The SMILES string of the molecule is CC(CCCNC(=O)c1ccsc1)C(=O)O. The van der Waals surface area contributed by atoms with Crippen LogP contribution in [0, 0.1) is 5.92 Å². The van der Waals surface area contributed by atoms with Crippen molar-refractivity contribution in [3.05, 3.63) is 22.4 Å². The second kappa shape index (κ2) is 6.27. The number of hydrogen-bond acceptors (Lipinski definition) is 3. The molecule has 4 nitrogen and oxygen atoms in total. The molecular formula is C11H15NO3S. The average molecular weight is 241 g/mol. The van der Waals surface area contributed by atoms with Crippen LogP contribution in [0.1, 0.15) is 30.1 Å². The van der Waals surface area contributed by atoms with Crippen LogP contribution in [0.2, 0.25) is 0 Å². The molecule has 0 aliphatic heterocycles. The van der Waals surface area contributed by atoms with Gasteiger partial charge < -0.3 is 10.4 Å². The minimum Gasteiger partial charge on any atom is -0.481 e. The Morgan fingerprint density at radius 2 is 2.31 bits per heavy atom. The summed E-state index contributed by atoms with van der Waals surface area (Å²) in [6.45, 7) is 2.19. The van der Waals surface area contributed by atoms with E-state index in [1.54, 1.807) is 18.4 Å². The van der Waals surface area contributed by atoms with E-state index in [1.807, 2.05) is 5.38 Å². The van der Waals surface area contributed by atoms with Crippen LogP contribution < -0.4 is 5.32 Å². The molecular weight excluding hydrogens is 226 g/mol. The van der Waals surface area contributed by atoms with Gasteiger partial charge in [-0.15, -0.1) is 0 Å². The molecule has 0 aliphatic rings. The summed E-state index contributed by atoms with van der Waals surface area (Å²) in [5, 5.41) is 15.0. The Morgan fingerprint density at radius 3 is 2.88 bits per heavy atom. The number of hydrogen-bond donors (Lipinski definition) is 2. The first-order chi connectivity index (χ1) is 7.61. The lowest BCUT2D eigenvalue weighted by atomic mass is 10.1. The summed E-state index contributed by atoms with van der Waals surface area (Å²) < 4.78 is 0. The third-order valence-corrected chi connectivity index (χ3v) is 2.99. The van der Waals surface area contributed by atoms with Crippen molar-refractivity contribution < 1.29 is 14.7 Å². The molecule has 1 heterocycles. The van der Waals surface area contributed by atoms with Crippen LogP contribution in [0.15, 0.2) is 16.8 Å². The first-order valence-corrected chi connectivity index (χ1v) is 6.08. The number of amides is 1. The predicted molar refractivity (Wildman–Crippen MR) is 62.7 cm³/mol. The van der Waals surface area contributed by atoms with Crippen LogP contribution in [0.4, 0.5) is 0 Å². The Morgan fingerprint density at radius 1 is 1.56 bits per heavy atom. The van der Waals surface area contributed by atoms with Crippen LogP contribution in [0.5, 0.6) is 0 Å². The van der Waals surface area contributed by atoms with Gasteiger partial charge in [0.1, 0.15) is 0 Å². The Labute approximate surface area is 98.3 Å². The number of nitrogens with one attached hydrogen (secondary N) is 1. The topological polar surface area (TPSA) is 66.4 Å². The molecule has 1 aromatic heterocycles. The second-order valence-corrected chi connectivity index (χ2v) is 4.43. The van der Waals surface area contributed by atoms with Gasteiger partial charge in [-0.25, -0.2) is 0 Å². The highest BCUT2D eigenvalue weighted by Crippen LogP contribution is 2.06. The fraction of sp³-hybridized carbons (Fsp3) is 0.455. The van der Waals surface area contributed by atoms with Crippen molar-refractivity contribution in [3.8, 4) is 0 Å². The fourth-order valence-corrected chi connectivity index (χ4v) is 1.87. The van der Waals surface area contributed by atoms with Crippen molar-refractivity contribution in [2.75, 3.05) is 6.54 Å². The summed E-state index contributed by atoms with van der Waals surface area (Å²) in [7, 11) is 0. The third kappa shape index (κ3) is 4.02. The van der Waals surface area contributed by atoms with E-state index in [0.29, 0.717) is 24.9 Å². The highest BCUT2D eigenvalue weighted by Gasteiger charge is 2.10. The van der Waals surface area contributed by atoms with Crippen molar-refractivity contribution in [1.29, 1.82) is 0 Å². The van der Waals surface area contributed by atoms with Crippen molar-refractivity contribution in [3.63, 3.8) is 0 Å². The molecule has 0 saturated heterocycles. The van der Waals surface area contributed by atoms with Gasteiger partial charge >= 0.3 is 5.97 Å². The molecule has 1 atom stereocenters. The maximum atomic E-state index is 11.5. The van der Waals surface area contributed by atoms with Crippen LogP contribution in [0.3, 0.4) is 0 Å². The normalized spacial score (nSPS) is 12.1. The number of carboxylic acids is 1. The van der Waals surface area contributed by atoms with Crippen molar-refractivity contribution >= 4 is 23.2 Å². The van der Waals surface area contributed by atoms with E-state index in [1.165, 1.54) is 11.3 Å². The molecule has 0 aliphatic carbocycles. The molecule has 1 amide bonds. The van der Waals surface area contributed by atoms with Gasteiger partial charge in [0.2, 0.25) is 0 Å². The summed E-state index contributed by atoms with van der Waals surface area (Å²) in [4.78, 5) is 22.0. The Kier molecular flexibility index (Phi) is 4.98. The molecule has 88 valence electrons. The lowest BCUT2D eigenvalue weighted by molar-refractivity contribution is -0.141. The third-order valence-electron chi connectivity index (χ3n) is 2.30. The zero-order chi connectivity index (χ0) is 12.0. The highest BCUT2D eigenvalue weighted by molar-refractivity contribution is 7.08. The van der Waals surface area contributed by atoms with E-state index in [2.05, 4.69) is 5.32 Å². The summed E-state index contributed by atoms with van der Waals surface area (Å²) in [5.74, 6) is -1.23. The van der Waals surface area contributed by atoms with E-state index in [4.69, 9.17) is 5.11 Å². The van der Waals surface area contributed by atoms with Gasteiger partial charge in [-0.1, -0.05) is 6.92 Å². The molecule has 0 radical (unpaired) electrons. The molecule has 0 bridgehead atoms. The molecule has 0 fully saturated rings. The first kappa shape index (κ1) is 12.7. The van der Waals surface area contributed by atoms with Gasteiger partial charge in [0.05, 0.1) is 5.92 Å². The number of aliphatic carboxylic acids is 1. The van der Waals surface area contributed by atoms with Crippen LogP contribution in [-0.4, -0.2) is 23.5 Å². The smallest absolute Gasteiger partial charge is 0.306 e. The number of carbonyl (C=O) groups excluding carboxylic acids is 1. The highest BCUT2D eigenvalue weighted by atomic mass is 32.1. The molecule has 0 spiro atoms. The molecule has 2 N–H and O–H groups in total. The standard InChI is InChI=1S/C11H15NO3S/c1-8(11(14)15)3-2-5-12-10(13)9-4-6-16-7-9/h4,6-8H,2-3,5H2,1H3,(H,12,13)(H,14,15). The minimum absolute atomic E-state index is 0.0933. The number of carboxylic acid groups (broad SMARTS) is 1. The summed E-state index contributed by atoms with van der Waals surface area (Å²) in [6.07, 6.45) is 1.27. The number of rotatable bonds is 6. The Balaban J connectivity index is 2.17. The van der Waals surface area contributed by atoms with E-state index in [9.17, 15) is 9.59 Å². The summed E-state index contributed by atoms with van der Waals surface area (Å²) in [6, 6.07) is 1.76. The zero-order valence-electron chi connectivity index (χ0n) is 9.10. The Hall–Kier alpha value is -1.36. The number of carbonyl (C=O) groups is 2. The number of thiophene rings is 1. The largest absolute Gasteiger partial charge is 0.481 e. The van der Waals surface area contributed by atoms with Gasteiger partial charge in [-0.05, 0) is 24.3 Å². The first-order valence-electron chi connectivity index (χ1n) is 5.14. The zero-order valence-corrected chi connectivity index (χ0v) is 9.92. The quantitative estimate of drug-likeness (QED) is 0.748. The Bertz CT molecular complexity index is 348. The van der Waals surface area contributed by atoms with Crippen LogP contribution in [-0.2, 0) is 4.79 Å². The van der Waals surface area contributed by atoms with E-state index >= 15 is 0 Å². The fourth-order valence-electron chi connectivity index (χ4n) is 1.23. The summed E-state index contributed by atoms with van der Waals surface area (Å²) in [5.41, 5.74) is 0.663. The van der Waals surface area contributed by atoms with Gasteiger partial charge in [-0.2, -0.15) is 11.3 Å². The summed E-state index contributed by atoms with van der Waals surface area (Å²) >= 11 is 1.48. The monoisotopic (exact) mass is 241 g/mol. The molecule has 1 unspecified atom stereocenters. The van der Waals surface area contributed by atoms with Crippen molar-refractivity contribution in [1.82, 2.24) is 5.32 Å². The van der Waals surface area contributed by atoms with Crippen molar-refractivity contribution in [2.45, 2.75) is 19.8 Å². The average Bonchev–Trinajstić information content (AvgIpc) is 2.76. The lowest BCUT2D eigenvalue weighted by Crippen LogP contribution is -2.24. The van der Waals surface area contributed by atoms with Crippen LogP contribution >= 0.6 is 11.3 Å². The van der Waals surface area contributed by atoms with Gasteiger partial charge in [0.15, 0.2) is 0 Å². The molecule has 0 saturated carbocycles. The van der Waals surface area contributed by atoms with E-state index in [0.717, 1.165) is 0 Å². The van der Waals surface area contributed by atoms with E-state index < -0.39 is 5.97 Å². The molecule has 0 aromatic carbocycles. The molecule has 1 rings (SSSR count). The van der Waals surface area contributed by atoms with Gasteiger partial charge in [0, 0.05) is 17.5 Å². The van der Waals surface area contributed by atoms with Gasteiger partial charge in [0.25, 0.3) is 5.91 Å². The maximum absolute atomic E-state index is 11.5. The minimum atomic E-state index is -0.788.